The van der Waals surface area contributed by atoms with Gasteiger partial charge < -0.3 is 19.3 Å². The average molecular weight is 581 g/mol. The van der Waals surface area contributed by atoms with E-state index in [1.807, 2.05) is 46.2 Å². The van der Waals surface area contributed by atoms with E-state index in [2.05, 4.69) is 48.7 Å². The number of fused-ring (bicyclic) bond motifs is 2. The summed E-state index contributed by atoms with van der Waals surface area (Å²) < 4.78 is 11.3. The van der Waals surface area contributed by atoms with E-state index in [0.29, 0.717) is 26.2 Å². The minimum atomic E-state index is 0.0872. The smallest absolute Gasteiger partial charge is 0.254 e. The highest BCUT2D eigenvalue weighted by Crippen LogP contribution is 2.41. The van der Waals surface area contributed by atoms with Gasteiger partial charge in [0.15, 0.2) is 11.5 Å². The van der Waals surface area contributed by atoms with Crippen molar-refractivity contribution in [3.63, 3.8) is 0 Å². The van der Waals surface area contributed by atoms with Gasteiger partial charge in [0.05, 0.1) is 18.4 Å². The van der Waals surface area contributed by atoms with Crippen molar-refractivity contribution in [1.29, 1.82) is 0 Å². The molecule has 43 heavy (non-hydrogen) atoms. The number of rotatable bonds is 10. The molecule has 2 aromatic carbocycles. The SMILES string of the molecule is C#C.CCCCN(C(=O)CN1CC(c2cc3c(cc2C)OCO3)CC1CCN1Cc2ccccc2C1=O)c1cccnc1. The Morgan fingerprint density at radius 3 is 2.65 bits per heavy atom. The van der Waals surface area contributed by atoms with Gasteiger partial charge in [0.25, 0.3) is 5.91 Å². The zero-order valence-corrected chi connectivity index (χ0v) is 25.1. The first-order valence-electron chi connectivity index (χ1n) is 15.1. The van der Waals surface area contributed by atoms with Gasteiger partial charge >= 0.3 is 0 Å². The van der Waals surface area contributed by atoms with Crippen LogP contribution in [0.25, 0.3) is 0 Å². The maximum Gasteiger partial charge on any atom is 0.254 e. The topological polar surface area (TPSA) is 75.2 Å². The molecule has 2 unspecified atom stereocenters. The Morgan fingerprint density at radius 2 is 1.91 bits per heavy atom. The molecule has 6 rings (SSSR count). The number of carbonyl (C=O) groups is 2. The van der Waals surface area contributed by atoms with E-state index in [1.54, 1.807) is 12.4 Å². The summed E-state index contributed by atoms with van der Waals surface area (Å²) in [5, 5.41) is 0. The standard InChI is InChI=1S/C33H38N4O4.C2H2/c1-3-4-13-37(27-9-7-12-34-18-27)32(38)21-36-20-25(29-17-31-30(15-23(29)2)40-22-41-31)16-26(36)11-14-35-19-24-8-5-6-10-28(24)33(35)39;1-2/h5-10,12,15,17-18,25-26H,3-4,11,13-14,16,19-22H2,1-2H3;1-2H. The second-order valence-electron chi connectivity index (χ2n) is 11.4. The van der Waals surface area contributed by atoms with Crippen LogP contribution in [0.1, 0.15) is 65.6 Å². The highest BCUT2D eigenvalue weighted by atomic mass is 16.7. The Kier molecular flexibility index (Phi) is 9.63. The summed E-state index contributed by atoms with van der Waals surface area (Å²) in [5.41, 5.74) is 5.16. The van der Waals surface area contributed by atoms with Crippen LogP contribution in [0.15, 0.2) is 60.9 Å². The number of carbonyl (C=O) groups excluding carboxylic acids is 2. The molecule has 0 saturated carbocycles. The molecular formula is C35H40N4O4. The highest BCUT2D eigenvalue weighted by molar-refractivity contribution is 5.98. The molecule has 8 heteroatoms. The fourth-order valence-corrected chi connectivity index (χ4v) is 6.49. The maximum absolute atomic E-state index is 13.8. The van der Waals surface area contributed by atoms with Crippen LogP contribution in [0.3, 0.4) is 0 Å². The maximum atomic E-state index is 13.8. The van der Waals surface area contributed by atoms with Crippen molar-refractivity contribution in [2.45, 2.75) is 58.0 Å². The van der Waals surface area contributed by atoms with Crippen LogP contribution in [-0.4, -0.2) is 65.6 Å². The van der Waals surface area contributed by atoms with Gasteiger partial charge in [-0.15, -0.1) is 12.8 Å². The Hall–Kier alpha value is -4.35. The van der Waals surface area contributed by atoms with Crippen LogP contribution in [0.4, 0.5) is 5.69 Å². The number of hydrogen-bond acceptors (Lipinski definition) is 6. The van der Waals surface area contributed by atoms with Crippen LogP contribution in [0.5, 0.6) is 11.5 Å². The van der Waals surface area contributed by atoms with Crippen LogP contribution < -0.4 is 14.4 Å². The molecule has 0 aliphatic carbocycles. The number of likely N-dealkylation sites (tertiary alicyclic amines) is 1. The van der Waals surface area contributed by atoms with Crippen molar-refractivity contribution in [3.05, 3.63) is 83.2 Å². The molecule has 1 aromatic heterocycles. The van der Waals surface area contributed by atoms with Crippen molar-refractivity contribution in [2.24, 2.45) is 0 Å². The van der Waals surface area contributed by atoms with Crippen LogP contribution in [0, 0.1) is 19.8 Å². The molecule has 0 N–H and O–H groups in total. The first-order chi connectivity index (χ1) is 21.0. The highest BCUT2D eigenvalue weighted by Gasteiger charge is 2.37. The summed E-state index contributed by atoms with van der Waals surface area (Å²) in [5.74, 6) is 2.04. The number of ether oxygens (including phenoxy) is 2. The van der Waals surface area contributed by atoms with Crippen molar-refractivity contribution in [1.82, 2.24) is 14.8 Å². The molecule has 3 aliphatic heterocycles. The summed E-state index contributed by atoms with van der Waals surface area (Å²) in [7, 11) is 0. The lowest BCUT2D eigenvalue weighted by Gasteiger charge is -2.29. The molecule has 1 fully saturated rings. The lowest BCUT2D eigenvalue weighted by atomic mass is 9.91. The number of terminal acetylenes is 1. The molecule has 0 spiro atoms. The van der Waals surface area contributed by atoms with Gasteiger partial charge in [0.1, 0.15) is 0 Å². The molecule has 2 atom stereocenters. The number of aromatic nitrogens is 1. The van der Waals surface area contributed by atoms with Gasteiger partial charge in [-0.25, -0.2) is 0 Å². The summed E-state index contributed by atoms with van der Waals surface area (Å²) in [4.78, 5) is 37.3. The third-order valence-electron chi connectivity index (χ3n) is 8.69. The third-order valence-corrected chi connectivity index (χ3v) is 8.69. The fraction of sp³-hybridized carbons (Fsp3) is 0.400. The molecule has 3 aliphatic rings. The first-order valence-corrected chi connectivity index (χ1v) is 15.1. The Morgan fingerprint density at radius 1 is 1.12 bits per heavy atom. The van der Waals surface area contributed by atoms with E-state index in [0.717, 1.165) is 60.5 Å². The predicted octanol–water partition coefficient (Wildman–Crippen LogP) is 5.41. The number of benzene rings is 2. The van der Waals surface area contributed by atoms with Crippen molar-refractivity contribution < 1.29 is 19.1 Å². The zero-order chi connectivity index (χ0) is 30.3. The van der Waals surface area contributed by atoms with E-state index < -0.39 is 0 Å². The second-order valence-corrected chi connectivity index (χ2v) is 11.4. The number of pyridine rings is 1. The van der Waals surface area contributed by atoms with E-state index in [-0.39, 0.29) is 30.6 Å². The summed E-state index contributed by atoms with van der Waals surface area (Å²) >= 11 is 0. The Balaban J connectivity index is 0.00000180. The van der Waals surface area contributed by atoms with Crippen LogP contribution in [0.2, 0.25) is 0 Å². The summed E-state index contributed by atoms with van der Waals surface area (Å²) in [6.07, 6.45) is 15.2. The van der Waals surface area contributed by atoms with E-state index >= 15 is 0 Å². The largest absolute Gasteiger partial charge is 0.454 e. The number of aryl methyl sites for hydroxylation is 1. The van der Waals surface area contributed by atoms with Crippen molar-refractivity contribution in [3.8, 4) is 24.3 Å². The first kappa shape index (κ1) is 30.1. The molecule has 4 heterocycles. The van der Waals surface area contributed by atoms with Crippen molar-refractivity contribution in [2.75, 3.05) is 37.9 Å². The molecule has 1 saturated heterocycles. The molecule has 3 aromatic rings. The molecular weight excluding hydrogens is 540 g/mol. The summed E-state index contributed by atoms with van der Waals surface area (Å²) in [6, 6.07) is 16.1. The zero-order valence-electron chi connectivity index (χ0n) is 25.1. The number of unbranched alkanes of at least 4 members (excludes halogenated alkanes) is 1. The third kappa shape index (κ3) is 6.52. The number of hydrogen-bond donors (Lipinski definition) is 0. The van der Waals surface area contributed by atoms with Gasteiger partial charge in [-0.3, -0.25) is 19.5 Å². The minimum absolute atomic E-state index is 0.0872. The van der Waals surface area contributed by atoms with E-state index in [1.165, 1.54) is 11.1 Å². The van der Waals surface area contributed by atoms with E-state index in [9.17, 15) is 9.59 Å². The second kappa shape index (κ2) is 13.7. The fourth-order valence-electron chi connectivity index (χ4n) is 6.49. The summed E-state index contributed by atoms with van der Waals surface area (Å²) in [6.45, 7) is 7.60. The average Bonchev–Trinajstić information content (AvgIpc) is 3.74. The molecule has 224 valence electrons. The number of amides is 2. The van der Waals surface area contributed by atoms with Crippen LogP contribution in [-0.2, 0) is 11.3 Å². The Labute approximate surface area is 254 Å². The molecule has 0 bridgehead atoms. The molecule has 0 radical (unpaired) electrons. The lowest BCUT2D eigenvalue weighted by molar-refractivity contribution is -0.120. The minimum Gasteiger partial charge on any atom is -0.454 e. The number of anilines is 1. The quantitative estimate of drug-likeness (QED) is 0.299. The van der Waals surface area contributed by atoms with E-state index in [4.69, 9.17) is 9.47 Å². The normalized spacial score (nSPS) is 18.7. The van der Waals surface area contributed by atoms with Gasteiger partial charge in [0.2, 0.25) is 12.7 Å². The molecule has 8 nitrogen and oxygen atoms in total. The van der Waals surface area contributed by atoms with Crippen molar-refractivity contribution >= 4 is 17.5 Å². The predicted molar refractivity (Wildman–Crippen MR) is 167 cm³/mol. The number of nitrogens with zero attached hydrogens (tertiary/aromatic N) is 4. The lowest BCUT2D eigenvalue weighted by Crippen LogP contribution is -2.43. The van der Waals surface area contributed by atoms with Gasteiger partial charge in [-0.2, -0.15) is 0 Å². The van der Waals surface area contributed by atoms with Gasteiger partial charge in [-0.05, 0) is 79.1 Å². The monoisotopic (exact) mass is 580 g/mol. The van der Waals surface area contributed by atoms with Gasteiger partial charge in [0, 0.05) is 44.0 Å². The van der Waals surface area contributed by atoms with Crippen LogP contribution >= 0.6 is 0 Å². The Bertz CT molecular complexity index is 1460. The molecule has 2 amide bonds. The van der Waals surface area contributed by atoms with Gasteiger partial charge in [-0.1, -0.05) is 31.5 Å².